The van der Waals surface area contributed by atoms with Crippen LogP contribution in [0.25, 0.3) is 22.2 Å². The number of anilines is 2. The zero-order chi connectivity index (χ0) is 28.5. The predicted octanol–water partition coefficient (Wildman–Crippen LogP) is 4.52. The van der Waals surface area contributed by atoms with Crippen molar-refractivity contribution in [1.29, 1.82) is 0 Å². The molecule has 2 aromatic carbocycles. The van der Waals surface area contributed by atoms with Crippen LogP contribution in [-0.4, -0.2) is 102 Å². The van der Waals surface area contributed by atoms with E-state index in [1.807, 2.05) is 29.2 Å². The molecule has 10 nitrogen and oxygen atoms in total. The minimum Gasteiger partial charge on any atom is -0.423 e. The number of benzene rings is 2. The highest BCUT2D eigenvalue weighted by atomic mass is 16.4. The third-order valence-electron chi connectivity index (χ3n) is 10.2. The van der Waals surface area contributed by atoms with Crippen molar-refractivity contribution in [3.05, 3.63) is 47.5 Å². The van der Waals surface area contributed by atoms with E-state index in [9.17, 15) is 4.79 Å². The molecule has 5 heterocycles. The highest BCUT2D eigenvalue weighted by Crippen LogP contribution is 2.36. The van der Waals surface area contributed by atoms with Gasteiger partial charge in [-0.15, -0.1) is 0 Å². The molecule has 1 amide bonds. The second-order valence-electron chi connectivity index (χ2n) is 13.1. The summed E-state index contributed by atoms with van der Waals surface area (Å²) in [6.07, 6.45) is 7.29. The second kappa shape index (κ2) is 10.2. The summed E-state index contributed by atoms with van der Waals surface area (Å²) in [5, 5.41) is 0. The highest BCUT2D eigenvalue weighted by molar-refractivity contribution is 5.97. The zero-order valence-electron chi connectivity index (χ0n) is 24.7. The molecule has 43 heavy (non-hydrogen) atoms. The minimum absolute atomic E-state index is 0.0190. The van der Waals surface area contributed by atoms with Gasteiger partial charge >= 0.3 is 0 Å². The number of hydrogen-bond donors (Lipinski definition) is 0. The smallest absolute Gasteiger partial charge is 0.298 e. The summed E-state index contributed by atoms with van der Waals surface area (Å²) in [6.45, 7) is 8.77. The van der Waals surface area contributed by atoms with Gasteiger partial charge in [-0.2, -0.15) is 9.97 Å². The summed E-state index contributed by atoms with van der Waals surface area (Å²) in [4.78, 5) is 35.2. The van der Waals surface area contributed by atoms with Crippen LogP contribution in [0.1, 0.15) is 60.5 Å². The molecule has 2 aromatic heterocycles. The zero-order valence-corrected chi connectivity index (χ0v) is 24.7. The van der Waals surface area contributed by atoms with Gasteiger partial charge in [0.1, 0.15) is 11.0 Å². The third-order valence-corrected chi connectivity index (χ3v) is 10.2. The molecule has 3 aliphatic heterocycles. The summed E-state index contributed by atoms with van der Waals surface area (Å²) in [5.74, 6) is 0.0430. The molecule has 9 rings (SSSR count). The van der Waals surface area contributed by atoms with E-state index in [0.29, 0.717) is 17.6 Å². The van der Waals surface area contributed by atoms with Crippen LogP contribution in [0.4, 0.5) is 12.0 Å². The van der Waals surface area contributed by atoms with Crippen LogP contribution in [0.5, 0.6) is 0 Å². The van der Waals surface area contributed by atoms with E-state index in [-0.39, 0.29) is 11.9 Å². The monoisotopic (exact) mass is 581 g/mol. The maximum Gasteiger partial charge on any atom is 0.298 e. The molecule has 5 aliphatic rings. The third kappa shape index (κ3) is 4.84. The Hall–Kier alpha value is -3.63. The Morgan fingerprint density at radius 3 is 1.79 bits per heavy atom. The van der Waals surface area contributed by atoms with Crippen molar-refractivity contribution in [2.75, 3.05) is 68.7 Å². The molecule has 1 atom stereocenters. The maximum atomic E-state index is 13.8. The van der Waals surface area contributed by atoms with E-state index < -0.39 is 0 Å². The standard InChI is InChI=1S/C33H39N7O3/c41-31(23-4-10-30-27(21-23)35-33(43-30)39-18-14-37(15-19-39)25-7-8-25)40-11-1-2-28(40)22-3-9-29-26(20-22)34-32(42-29)38-16-12-36(13-17-38)24-5-6-24/h3-4,9-10,20-21,24-25,28H,1-2,5-8,11-19H2. The van der Waals surface area contributed by atoms with E-state index >= 15 is 0 Å². The lowest BCUT2D eigenvalue weighted by Gasteiger charge is -2.33. The van der Waals surface area contributed by atoms with E-state index in [1.165, 1.54) is 25.7 Å². The van der Waals surface area contributed by atoms with E-state index in [0.717, 1.165) is 112 Å². The number of nitrogens with zero attached hydrogens (tertiary/aromatic N) is 7. The average molecular weight is 582 g/mol. The van der Waals surface area contributed by atoms with E-state index in [2.05, 4.69) is 31.7 Å². The lowest BCUT2D eigenvalue weighted by atomic mass is 10.0. The molecule has 10 heteroatoms. The Labute approximate surface area is 251 Å². The van der Waals surface area contributed by atoms with Crippen molar-refractivity contribution in [1.82, 2.24) is 24.7 Å². The number of likely N-dealkylation sites (tertiary alicyclic amines) is 1. The van der Waals surface area contributed by atoms with Crippen molar-refractivity contribution < 1.29 is 13.6 Å². The molecule has 3 saturated heterocycles. The van der Waals surface area contributed by atoms with Crippen LogP contribution in [-0.2, 0) is 0 Å². The predicted molar refractivity (Wildman–Crippen MR) is 165 cm³/mol. The first-order chi connectivity index (χ1) is 21.2. The number of fused-ring (bicyclic) bond motifs is 2. The summed E-state index contributed by atoms with van der Waals surface area (Å²) in [5.41, 5.74) is 4.93. The molecule has 2 aliphatic carbocycles. The first-order valence-electron chi connectivity index (χ1n) is 16.3. The largest absolute Gasteiger partial charge is 0.423 e. The number of piperazine rings is 2. The molecular weight excluding hydrogens is 542 g/mol. The molecule has 1 unspecified atom stereocenters. The topological polar surface area (TPSA) is 85.3 Å². The Kier molecular flexibility index (Phi) is 6.15. The van der Waals surface area contributed by atoms with E-state index in [1.54, 1.807) is 0 Å². The normalized spacial score (nSPS) is 24.1. The summed E-state index contributed by atoms with van der Waals surface area (Å²) in [6, 6.07) is 14.9. The number of carbonyl (C=O) groups excluding carboxylic acids is 1. The molecule has 0 spiro atoms. The van der Waals surface area contributed by atoms with Crippen LogP contribution >= 0.6 is 0 Å². The van der Waals surface area contributed by atoms with Crippen LogP contribution in [0.2, 0.25) is 0 Å². The molecule has 224 valence electrons. The Balaban J connectivity index is 0.906. The van der Waals surface area contributed by atoms with Crippen molar-refractivity contribution in [3.63, 3.8) is 0 Å². The van der Waals surface area contributed by atoms with Crippen molar-refractivity contribution in [3.8, 4) is 0 Å². The van der Waals surface area contributed by atoms with Gasteiger partial charge in [-0.05, 0) is 74.4 Å². The molecule has 0 bridgehead atoms. The van der Waals surface area contributed by atoms with Gasteiger partial charge in [-0.25, -0.2) is 0 Å². The number of rotatable bonds is 6. The SMILES string of the molecule is O=C(c1ccc2oc(N3CCN(C4CC4)CC3)nc2c1)N1CCCC1c1ccc2oc(N3CCN(C4CC4)CC3)nc2c1. The molecule has 0 N–H and O–H groups in total. The van der Waals surface area contributed by atoms with Crippen LogP contribution < -0.4 is 9.80 Å². The Morgan fingerprint density at radius 2 is 1.21 bits per heavy atom. The van der Waals surface area contributed by atoms with Crippen LogP contribution in [0.3, 0.4) is 0 Å². The fourth-order valence-corrected chi connectivity index (χ4v) is 7.42. The van der Waals surface area contributed by atoms with Gasteiger partial charge in [-0.1, -0.05) is 6.07 Å². The molecule has 4 aromatic rings. The lowest BCUT2D eigenvalue weighted by molar-refractivity contribution is 0.0736. The quantitative estimate of drug-likeness (QED) is 0.326. The second-order valence-corrected chi connectivity index (χ2v) is 13.1. The summed E-state index contributed by atoms with van der Waals surface area (Å²) in [7, 11) is 0. The van der Waals surface area contributed by atoms with Gasteiger partial charge in [0.05, 0.1) is 6.04 Å². The Morgan fingerprint density at radius 1 is 0.651 bits per heavy atom. The van der Waals surface area contributed by atoms with Crippen molar-refractivity contribution in [2.45, 2.75) is 56.7 Å². The number of amides is 1. The fourth-order valence-electron chi connectivity index (χ4n) is 7.42. The van der Waals surface area contributed by atoms with Gasteiger partial charge in [0, 0.05) is 76.5 Å². The van der Waals surface area contributed by atoms with Gasteiger partial charge < -0.3 is 23.5 Å². The van der Waals surface area contributed by atoms with Crippen LogP contribution in [0, 0.1) is 0 Å². The number of carbonyl (C=O) groups is 1. The maximum absolute atomic E-state index is 13.8. The van der Waals surface area contributed by atoms with Gasteiger partial charge in [0.15, 0.2) is 11.2 Å². The minimum atomic E-state index is 0.0190. The van der Waals surface area contributed by atoms with Crippen LogP contribution in [0.15, 0.2) is 45.2 Å². The first-order valence-corrected chi connectivity index (χ1v) is 16.3. The van der Waals surface area contributed by atoms with Gasteiger partial charge in [-0.3, -0.25) is 14.6 Å². The number of aromatic nitrogens is 2. The molecular formula is C33H39N7O3. The number of hydrogen-bond acceptors (Lipinski definition) is 9. The summed E-state index contributed by atoms with van der Waals surface area (Å²) < 4.78 is 12.3. The average Bonchev–Trinajstić information content (AvgIpc) is 3.94. The fraction of sp³-hybridized carbons (Fsp3) is 0.545. The van der Waals surface area contributed by atoms with Crippen molar-refractivity contribution >= 4 is 40.1 Å². The van der Waals surface area contributed by atoms with Crippen molar-refractivity contribution in [2.24, 2.45) is 0 Å². The highest BCUT2D eigenvalue weighted by Gasteiger charge is 2.34. The van der Waals surface area contributed by atoms with Gasteiger partial charge in [0.2, 0.25) is 0 Å². The Bertz CT molecular complexity index is 1660. The molecule has 5 fully saturated rings. The summed E-state index contributed by atoms with van der Waals surface area (Å²) >= 11 is 0. The number of oxazole rings is 2. The first kappa shape index (κ1) is 25.8. The molecule has 2 saturated carbocycles. The molecule has 0 radical (unpaired) electrons. The van der Waals surface area contributed by atoms with E-state index in [4.69, 9.17) is 18.8 Å². The van der Waals surface area contributed by atoms with Gasteiger partial charge in [0.25, 0.3) is 17.9 Å². The lowest BCUT2D eigenvalue weighted by Crippen LogP contribution is -2.47.